The van der Waals surface area contributed by atoms with Crippen molar-refractivity contribution in [2.24, 2.45) is 16.6 Å². The Morgan fingerprint density at radius 3 is 2.22 bits per heavy atom. The van der Waals surface area contributed by atoms with Gasteiger partial charge in [0.25, 0.3) is 0 Å². The molecule has 0 spiro atoms. The van der Waals surface area contributed by atoms with Crippen molar-refractivity contribution in [3.8, 4) is 10.4 Å². The number of nitrogens with zero attached hydrogens (tertiary/aromatic N) is 5. The van der Waals surface area contributed by atoms with Crippen LogP contribution in [0.5, 0.6) is 0 Å². The zero-order valence-corrected chi connectivity index (χ0v) is 47.0. The maximum Gasteiger partial charge on any atom is 0.246 e. The molecular formula is C55H78Cl2N10O5S2. The number of carbonyl (C=O) groups is 4. The SMILES string of the molecule is Cc1ncsc1-c1ccc([C@H](C)NC(=O)[C@@H]2C[C@@H](O)CN2C(=O)[C@@H](NC(=O)CCCCCCCCCNC(=O)CCCCCC2(CN)CCN(c3cnc(Sc4cccc(Cl)c4Cl)c(N)n3)CC2)C(C)(C)C)cc1. The first kappa shape index (κ1) is 58.7. The highest BCUT2D eigenvalue weighted by Gasteiger charge is 2.45. The third kappa shape index (κ3) is 16.7. The van der Waals surface area contributed by atoms with Gasteiger partial charge in [0, 0.05) is 50.3 Å². The fraction of sp³-hybridized carbons (Fsp3) is 0.582. The van der Waals surface area contributed by atoms with Crippen LogP contribution in [0.3, 0.4) is 0 Å². The highest BCUT2D eigenvalue weighted by molar-refractivity contribution is 7.99. The van der Waals surface area contributed by atoms with E-state index >= 15 is 0 Å². The first-order valence-corrected chi connectivity index (χ1v) is 28.9. The Balaban J connectivity index is 0.793. The molecule has 2 aromatic carbocycles. The molecule has 4 aromatic rings. The summed E-state index contributed by atoms with van der Waals surface area (Å²) in [5, 5.41) is 21.3. The van der Waals surface area contributed by atoms with Gasteiger partial charge in [-0.25, -0.2) is 15.0 Å². The fourth-order valence-electron chi connectivity index (χ4n) is 9.87. The summed E-state index contributed by atoms with van der Waals surface area (Å²) in [5.41, 5.74) is 16.9. The largest absolute Gasteiger partial charge is 0.391 e. The Bertz CT molecular complexity index is 2480. The van der Waals surface area contributed by atoms with E-state index < -0.39 is 23.6 Å². The molecule has 0 saturated carbocycles. The molecule has 19 heteroatoms. The normalized spacial score (nSPS) is 17.5. The van der Waals surface area contributed by atoms with E-state index in [1.807, 2.05) is 76.5 Å². The molecule has 2 aliphatic rings. The molecule has 404 valence electrons. The summed E-state index contributed by atoms with van der Waals surface area (Å²) in [6, 6.07) is 11.4. The molecule has 2 saturated heterocycles. The average molecular weight is 1090 g/mol. The summed E-state index contributed by atoms with van der Waals surface area (Å²) in [5.74, 6) is 0.316. The number of nitrogens with two attached hydrogens (primary N) is 2. The third-order valence-corrected chi connectivity index (χ3v) is 17.5. The second kappa shape index (κ2) is 28.0. The number of piperidine rings is 1. The van der Waals surface area contributed by atoms with Crippen molar-refractivity contribution in [3.05, 3.63) is 75.5 Å². The van der Waals surface area contributed by atoms with E-state index in [1.165, 1.54) is 16.7 Å². The van der Waals surface area contributed by atoms with E-state index in [0.29, 0.717) is 53.2 Å². The lowest BCUT2D eigenvalue weighted by Gasteiger charge is -2.42. The van der Waals surface area contributed by atoms with Gasteiger partial charge in [-0.1, -0.05) is 131 Å². The number of likely N-dealkylation sites (tertiary alicyclic amines) is 1. The minimum Gasteiger partial charge on any atom is -0.391 e. The number of aliphatic hydroxyl groups is 1. The molecule has 4 heterocycles. The van der Waals surface area contributed by atoms with Crippen molar-refractivity contribution in [2.75, 3.05) is 43.4 Å². The highest BCUT2D eigenvalue weighted by Crippen LogP contribution is 2.40. The number of aromatic nitrogens is 3. The lowest BCUT2D eigenvalue weighted by Crippen LogP contribution is -2.57. The van der Waals surface area contributed by atoms with E-state index in [1.54, 1.807) is 23.6 Å². The second-order valence-corrected chi connectivity index (χ2v) is 24.0. The Morgan fingerprint density at radius 2 is 1.57 bits per heavy atom. The number of anilines is 2. The van der Waals surface area contributed by atoms with E-state index in [9.17, 15) is 24.3 Å². The van der Waals surface area contributed by atoms with Gasteiger partial charge in [-0.05, 0) is 93.0 Å². The predicted molar refractivity (Wildman–Crippen MR) is 299 cm³/mol. The maximum atomic E-state index is 14.1. The van der Waals surface area contributed by atoms with Crippen molar-refractivity contribution < 1.29 is 24.3 Å². The molecule has 2 aromatic heterocycles. The second-order valence-electron chi connectivity index (χ2n) is 21.3. The monoisotopic (exact) mass is 1090 g/mol. The number of hydrogen-bond donors (Lipinski definition) is 6. The third-order valence-electron chi connectivity index (χ3n) is 14.5. The predicted octanol–water partition coefficient (Wildman–Crippen LogP) is 10.1. The van der Waals surface area contributed by atoms with Crippen LogP contribution in [-0.4, -0.2) is 99.5 Å². The van der Waals surface area contributed by atoms with Gasteiger partial charge in [-0.3, -0.25) is 19.2 Å². The molecule has 0 unspecified atom stereocenters. The molecule has 2 aliphatic heterocycles. The Hall–Kier alpha value is -4.52. The number of amides is 4. The summed E-state index contributed by atoms with van der Waals surface area (Å²) in [7, 11) is 0. The van der Waals surface area contributed by atoms with Crippen LogP contribution in [0.2, 0.25) is 10.0 Å². The van der Waals surface area contributed by atoms with Crippen LogP contribution in [0.1, 0.15) is 148 Å². The lowest BCUT2D eigenvalue weighted by molar-refractivity contribution is -0.144. The van der Waals surface area contributed by atoms with Crippen LogP contribution in [-0.2, 0) is 19.2 Å². The molecule has 8 N–H and O–H groups in total. The number of benzene rings is 2. The Morgan fingerprint density at radius 1 is 0.905 bits per heavy atom. The molecular weight excluding hydrogens is 1020 g/mol. The van der Waals surface area contributed by atoms with E-state index in [0.717, 1.165) is 123 Å². The molecule has 0 aliphatic carbocycles. The quantitative estimate of drug-likeness (QED) is 0.0324. The minimum absolute atomic E-state index is 0.0262. The van der Waals surface area contributed by atoms with Crippen molar-refractivity contribution >= 4 is 81.6 Å². The molecule has 2 fully saturated rings. The van der Waals surface area contributed by atoms with Crippen molar-refractivity contribution in [3.63, 3.8) is 0 Å². The van der Waals surface area contributed by atoms with Crippen molar-refractivity contribution in [1.29, 1.82) is 0 Å². The van der Waals surface area contributed by atoms with Gasteiger partial charge in [-0.15, -0.1) is 11.3 Å². The van der Waals surface area contributed by atoms with Crippen LogP contribution < -0.4 is 32.3 Å². The number of nitrogen functional groups attached to an aromatic ring is 1. The number of nitrogens with one attached hydrogen (secondary N) is 3. The average Bonchev–Trinajstić information content (AvgIpc) is 4.00. The summed E-state index contributed by atoms with van der Waals surface area (Å²) in [6.45, 7) is 12.6. The summed E-state index contributed by atoms with van der Waals surface area (Å²) < 4.78 is 0. The van der Waals surface area contributed by atoms with Gasteiger partial charge >= 0.3 is 0 Å². The molecule has 6 rings (SSSR count). The first-order chi connectivity index (χ1) is 35.4. The molecule has 0 bridgehead atoms. The number of unbranched alkanes of at least 4 members (excludes halogenated alkanes) is 8. The van der Waals surface area contributed by atoms with E-state index in [2.05, 4.69) is 35.8 Å². The number of thiazole rings is 1. The van der Waals surface area contributed by atoms with Gasteiger partial charge < -0.3 is 42.3 Å². The van der Waals surface area contributed by atoms with Crippen molar-refractivity contribution in [2.45, 2.75) is 172 Å². The fourth-order valence-corrected chi connectivity index (χ4v) is 12.0. The lowest BCUT2D eigenvalue weighted by atomic mass is 9.74. The number of β-amino-alcohol motifs (C(OH)–C–C–N with tert-alkyl or cyclic N) is 1. The van der Waals surface area contributed by atoms with E-state index in [4.69, 9.17) is 34.7 Å². The number of halogens is 2. The first-order valence-electron chi connectivity index (χ1n) is 26.4. The van der Waals surface area contributed by atoms with Gasteiger partial charge in [0.1, 0.15) is 22.9 Å². The number of aryl methyl sites for hydroxylation is 1. The van der Waals surface area contributed by atoms with Crippen molar-refractivity contribution in [1.82, 2.24) is 35.8 Å². The summed E-state index contributed by atoms with van der Waals surface area (Å²) in [4.78, 5) is 72.7. The summed E-state index contributed by atoms with van der Waals surface area (Å²) in [6.07, 6.45) is 14.4. The number of hydrogen-bond acceptors (Lipinski definition) is 13. The molecule has 0 radical (unpaired) electrons. The van der Waals surface area contributed by atoms with Crippen LogP contribution in [0, 0.1) is 17.8 Å². The Labute approximate surface area is 456 Å². The van der Waals surface area contributed by atoms with E-state index in [-0.39, 0.29) is 48.1 Å². The molecule has 4 atom stereocenters. The zero-order chi connectivity index (χ0) is 53.4. The maximum absolute atomic E-state index is 14.1. The van der Waals surface area contributed by atoms with Crippen LogP contribution >= 0.6 is 46.3 Å². The van der Waals surface area contributed by atoms with Gasteiger partial charge in [0.2, 0.25) is 23.6 Å². The van der Waals surface area contributed by atoms with Gasteiger partial charge in [0.15, 0.2) is 5.82 Å². The number of rotatable bonds is 26. The van der Waals surface area contributed by atoms with Crippen LogP contribution in [0.15, 0.2) is 64.1 Å². The number of carbonyl (C=O) groups excluding carboxylic acids is 4. The summed E-state index contributed by atoms with van der Waals surface area (Å²) >= 11 is 15.5. The standard InChI is InChI=1S/C55H78Cl2N10O5S2/c1-36(38-21-23-39(24-22-38)48-37(2)62-35-73-48)63-51(71)42-31-40(68)33-67(42)53(72)49(54(3,4)5)65-46(70)20-12-9-7-6-8-10-15-28-60-45(69)19-13-11-14-25-55(34-58)26-29-66(30-27-55)44-32-61-52(50(59)64-44)74-43-18-16-17-41(56)47(43)57/h16-18,21-24,32,35-36,40,42,49,68H,6-15,19-20,25-31,33-34,58H2,1-5H3,(H2,59,64)(H,60,69)(H,63,71)(H,65,70)/t36-,40+,42-,49+/m0/s1. The molecule has 15 nitrogen and oxygen atoms in total. The minimum atomic E-state index is -0.858. The highest BCUT2D eigenvalue weighted by atomic mass is 35.5. The van der Waals surface area contributed by atoms with Crippen LogP contribution in [0.25, 0.3) is 10.4 Å². The molecule has 74 heavy (non-hydrogen) atoms. The van der Waals surface area contributed by atoms with Crippen LogP contribution in [0.4, 0.5) is 11.6 Å². The topological polar surface area (TPSA) is 222 Å². The van der Waals surface area contributed by atoms with Gasteiger partial charge in [-0.2, -0.15) is 0 Å². The number of aliphatic hydroxyl groups excluding tert-OH is 1. The Kier molecular flexibility index (Phi) is 22.2. The zero-order valence-electron chi connectivity index (χ0n) is 43.9. The smallest absolute Gasteiger partial charge is 0.246 e. The molecule has 4 amide bonds. The van der Waals surface area contributed by atoms with Gasteiger partial charge in [0.05, 0.1) is 44.5 Å².